The minimum atomic E-state index is -0.150. The molecule has 1 unspecified atom stereocenters. The number of likely N-dealkylation sites (N-methyl/N-ethyl adjacent to an activating group) is 1. The van der Waals surface area contributed by atoms with Crippen LogP contribution in [0.1, 0.15) is 29.6 Å². The van der Waals surface area contributed by atoms with Crippen molar-refractivity contribution in [3.05, 3.63) is 23.8 Å². The minimum Gasteiger partial charge on any atom is -0.489 e. The summed E-state index contributed by atoms with van der Waals surface area (Å²) in [5.74, 6) is 1.30. The highest BCUT2D eigenvalue weighted by Crippen LogP contribution is 2.34. The lowest BCUT2D eigenvalue weighted by molar-refractivity contribution is -0.121. The molecule has 0 radical (unpaired) electrons. The Kier molecular flexibility index (Phi) is 5.98. The highest BCUT2D eigenvalue weighted by atomic mass is 16.5. The number of amides is 2. The Labute approximate surface area is 154 Å². The average Bonchev–Trinajstić information content (AvgIpc) is 3.47. The summed E-state index contributed by atoms with van der Waals surface area (Å²) in [7, 11) is 3.53. The fourth-order valence-electron chi connectivity index (χ4n) is 2.98. The van der Waals surface area contributed by atoms with Gasteiger partial charge in [0.1, 0.15) is 12.4 Å². The molecule has 1 aliphatic carbocycles. The van der Waals surface area contributed by atoms with Crippen molar-refractivity contribution in [2.45, 2.75) is 25.3 Å². The van der Waals surface area contributed by atoms with Gasteiger partial charge in [0.25, 0.3) is 5.91 Å². The van der Waals surface area contributed by atoms with Crippen LogP contribution in [-0.4, -0.2) is 58.3 Å². The van der Waals surface area contributed by atoms with Gasteiger partial charge in [0.05, 0.1) is 24.8 Å². The third kappa shape index (κ3) is 4.66. The number of rotatable bonds is 8. The first-order chi connectivity index (χ1) is 12.6. The third-order valence-corrected chi connectivity index (χ3v) is 4.88. The molecule has 1 heterocycles. The van der Waals surface area contributed by atoms with Gasteiger partial charge in [0, 0.05) is 32.8 Å². The quantitative estimate of drug-likeness (QED) is 0.680. The van der Waals surface area contributed by atoms with Crippen molar-refractivity contribution in [3.8, 4) is 5.75 Å². The third-order valence-electron chi connectivity index (χ3n) is 4.88. The first-order valence-corrected chi connectivity index (χ1v) is 9.12. The van der Waals surface area contributed by atoms with E-state index in [0.717, 1.165) is 18.0 Å². The number of nitrogens with zero attached hydrogens (tertiary/aromatic N) is 1. The van der Waals surface area contributed by atoms with E-state index in [1.165, 1.54) is 12.8 Å². The van der Waals surface area contributed by atoms with Crippen LogP contribution in [0.25, 0.3) is 0 Å². The van der Waals surface area contributed by atoms with E-state index in [9.17, 15) is 9.59 Å². The lowest BCUT2D eigenvalue weighted by Gasteiger charge is -2.35. The summed E-state index contributed by atoms with van der Waals surface area (Å²) in [5, 5.41) is 5.81. The van der Waals surface area contributed by atoms with E-state index in [1.807, 2.05) is 18.0 Å². The number of methoxy groups -OCH3 is 1. The Hall–Kier alpha value is -2.28. The van der Waals surface area contributed by atoms with E-state index in [2.05, 4.69) is 10.6 Å². The van der Waals surface area contributed by atoms with Crippen LogP contribution in [0.5, 0.6) is 5.75 Å². The van der Waals surface area contributed by atoms with Gasteiger partial charge in [-0.2, -0.15) is 0 Å². The van der Waals surface area contributed by atoms with Gasteiger partial charge < -0.3 is 25.0 Å². The summed E-state index contributed by atoms with van der Waals surface area (Å²) in [6.45, 7) is 2.17. The fourth-order valence-corrected chi connectivity index (χ4v) is 2.98. The summed E-state index contributed by atoms with van der Waals surface area (Å²) in [6.07, 6.45) is 2.82. The summed E-state index contributed by atoms with van der Waals surface area (Å²) >= 11 is 0. The topological polar surface area (TPSA) is 79.9 Å². The zero-order valence-electron chi connectivity index (χ0n) is 15.4. The molecule has 1 aromatic carbocycles. The van der Waals surface area contributed by atoms with Crippen LogP contribution in [-0.2, 0) is 9.53 Å². The predicted molar refractivity (Wildman–Crippen MR) is 98.7 cm³/mol. The lowest BCUT2D eigenvalue weighted by Crippen LogP contribution is -2.44. The van der Waals surface area contributed by atoms with E-state index in [-0.39, 0.29) is 17.9 Å². The molecule has 1 atom stereocenters. The maximum absolute atomic E-state index is 12.2. The molecule has 1 aliphatic heterocycles. The van der Waals surface area contributed by atoms with E-state index < -0.39 is 0 Å². The average molecular weight is 361 g/mol. The summed E-state index contributed by atoms with van der Waals surface area (Å²) in [6, 6.07) is 5.32. The molecule has 1 aromatic rings. The summed E-state index contributed by atoms with van der Waals surface area (Å²) < 4.78 is 10.7. The zero-order chi connectivity index (χ0) is 18.5. The van der Waals surface area contributed by atoms with Crippen molar-refractivity contribution >= 4 is 17.5 Å². The van der Waals surface area contributed by atoms with Crippen LogP contribution < -0.4 is 20.3 Å². The van der Waals surface area contributed by atoms with Gasteiger partial charge in [-0.25, -0.2) is 0 Å². The Bertz CT molecular complexity index is 660. The molecule has 0 bridgehead atoms. The maximum Gasteiger partial charge on any atom is 0.251 e. The molecule has 0 saturated heterocycles. The van der Waals surface area contributed by atoms with E-state index in [0.29, 0.717) is 37.7 Å². The lowest BCUT2D eigenvalue weighted by atomic mass is 10.1. The van der Waals surface area contributed by atoms with Gasteiger partial charge >= 0.3 is 0 Å². The largest absolute Gasteiger partial charge is 0.489 e. The van der Waals surface area contributed by atoms with Crippen LogP contribution in [0.2, 0.25) is 0 Å². The zero-order valence-corrected chi connectivity index (χ0v) is 15.4. The van der Waals surface area contributed by atoms with Crippen molar-refractivity contribution < 1.29 is 19.1 Å². The van der Waals surface area contributed by atoms with Crippen LogP contribution in [0.4, 0.5) is 5.69 Å². The van der Waals surface area contributed by atoms with E-state index in [4.69, 9.17) is 9.47 Å². The standard InChI is InChI=1S/C19H27N3O4/c1-22-15(10-18(23)21-11-13-3-4-13)12-26-17-6-5-14(9-16(17)22)19(24)20-7-8-25-2/h5-6,9,13,15H,3-4,7-8,10-12H2,1-2H3,(H,20,24)(H,21,23). The minimum absolute atomic E-state index is 0.0477. The number of anilines is 1. The van der Waals surface area contributed by atoms with Gasteiger partial charge in [-0.15, -0.1) is 0 Å². The number of hydrogen-bond acceptors (Lipinski definition) is 5. The molecule has 0 aromatic heterocycles. The molecular weight excluding hydrogens is 334 g/mol. The smallest absolute Gasteiger partial charge is 0.251 e. The Morgan fingerprint density at radius 3 is 2.85 bits per heavy atom. The highest BCUT2D eigenvalue weighted by molar-refractivity contribution is 5.95. The molecule has 1 saturated carbocycles. The number of benzene rings is 1. The van der Waals surface area contributed by atoms with Crippen LogP contribution in [0.3, 0.4) is 0 Å². The molecule has 0 spiro atoms. The Morgan fingerprint density at radius 1 is 1.31 bits per heavy atom. The fraction of sp³-hybridized carbons (Fsp3) is 0.579. The van der Waals surface area contributed by atoms with Crippen LogP contribution in [0.15, 0.2) is 18.2 Å². The maximum atomic E-state index is 12.2. The molecule has 26 heavy (non-hydrogen) atoms. The number of carbonyl (C=O) groups excluding carboxylic acids is 2. The van der Waals surface area contributed by atoms with Crippen LogP contribution >= 0.6 is 0 Å². The highest BCUT2D eigenvalue weighted by Gasteiger charge is 2.28. The van der Waals surface area contributed by atoms with E-state index in [1.54, 1.807) is 19.2 Å². The van der Waals surface area contributed by atoms with Gasteiger partial charge in [-0.1, -0.05) is 0 Å². The van der Waals surface area contributed by atoms with Crippen LogP contribution in [0, 0.1) is 5.92 Å². The Morgan fingerprint density at radius 2 is 2.12 bits per heavy atom. The van der Waals surface area contributed by atoms with Crippen molar-refractivity contribution in [3.63, 3.8) is 0 Å². The van der Waals surface area contributed by atoms with Gasteiger partial charge in [-0.3, -0.25) is 9.59 Å². The van der Waals surface area contributed by atoms with Gasteiger partial charge in [0.15, 0.2) is 0 Å². The van der Waals surface area contributed by atoms with Gasteiger partial charge in [0.2, 0.25) is 5.91 Å². The molecule has 1 fully saturated rings. The first kappa shape index (κ1) is 18.5. The number of carbonyl (C=O) groups is 2. The predicted octanol–water partition coefficient (Wildman–Crippen LogP) is 1.18. The second kappa shape index (κ2) is 8.40. The molecule has 3 rings (SSSR count). The molecule has 7 nitrogen and oxygen atoms in total. The SMILES string of the molecule is COCCNC(=O)c1ccc2c(c1)N(C)C(CC(=O)NCC1CC1)CO2. The molecule has 2 amide bonds. The molecule has 142 valence electrons. The summed E-state index contributed by atoms with van der Waals surface area (Å²) in [4.78, 5) is 26.4. The van der Waals surface area contributed by atoms with Gasteiger partial charge in [-0.05, 0) is 37.0 Å². The van der Waals surface area contributed by atoms with Crippen molar-refractivity contribution in [2.24, 2.45) is 5.92 Å². The molecule has 2 aliphatic rings. The first-order valence-electron chi connectivity index (χ1n) is 9.12. The number of nitrogens with one attached hydrogen (secondary N) is 2. The normalized spacial score (nSPS) is 18.7. The van der Waals surface area contributed by atoms with Crippen molar-refractivity contribution in [2.75, 3.05) is 45.4 Å². The van der Waals surface area contributed by atoms with Crippen molar-refractivity contribution in [1.82, 2.24) is 10.6 Å². The number of ether oxygens (including phenoxy) is 2. The molecule has 7 heteroatoms. The second-order valence-electron chi connectivity index (χ2n) is 6.96. The summed E-state index contributed by atoms with van der Waals surface area (Å²) in [5.41, 5.74) is 1.39. The number of hydrogen-bond donors (Lipinski definition) is 2. The number of fused-ring (bicyclic) bond motifs is 1. The second-order valence-corrected chi connectivity index (χ2v) is 6.96. The molecule has 2 N–H and O–H groups in total. The Balaban J connectivity index is 1.61. The monoisotopic (exact) mass is 361 g/mol. The van der Waals surface area contributed by atoms with Crippen molar-refractivity contribution in [1.29, 1.82) is 0 Å². The molecular formula is C19H27N3O4. The van der Waals surface area contributed by atoms with E-state index >= 15 is 0 Å².